The number of halogens is 1. The fourth-order valence-electron chi connectivity index (χ4n) is 4.96. The number of aromatic nitrogens is 2. The molecule has 0 radical (unpaired) electrons. The number of aliphatic hydroxyl groups excluding tert-OH is 1. The largest absolute Gasteiger partial charge is 0.468 e. The van der Waals surface area contributed by atoms with Crippen LogP contribution in [-0.2, 0) is 28.2 Å². The van der Waals surface area contributed by atoms with Crippen LogP contribution in [0.5, 0.6) is 0 Å². The van der Waals surface area contributed by atoms with Crippen molar-refractivity contribution >= 4 is 19.4 Å². The number of esters is 1. The van der Waals surface area contributed by atoms with E-state index in [0.717, 1.165) is 69.4 Å². The van der Waals surface area contributed by atoms with Crippen LogP contribution in [0.2, 0.25) is 0 Å². The van der Waals surface area contributed by atoms with Gasteiger partial charge in [0.25, 0.3) is 13.1 Å². The van der Waals surface area contributed by atoms with Crippen LogP contribution in [-0.4, -0.2) is 77.4 Å². The van der Waals surface area contributed by atoms with Crippen LogP contribution in [0, 0.1) is 0 Å². The fraction of sp³-hybridized carbons (Fsp3) is 0.556. The topological polar surface area (TPSA) is 178 Å². The van der Waals surface area contributed by atoms with Gasteiger partial charge < -0.3 is 24.4 Å². The molecule has 0 aromatic carbocycles. The second kappa shape index (κ2) is 23.7. The van der Waals surface area contributed by atoms with Gasteiger partial charge in [0.2, 0.25) is 5.91 Å². The summed E-state index contributed by atoms with van der Waals surface area (Å²) in [5, 5.41) is 15.9. The zero-order chi connectivity index (χ0) is 37.5. The van der Waals surface area contributed by atoms with E-state index in [2.05, 4.69) is 76.7 Å². The third-order valence-electron chi connectivity index (χ3n) is 7.84. The summed E-state index contributed by atoms with van der Waals surface area (Å²) >= 11 is 0. The Balaban J connectivity index is 1.72. The number of aliphatic hydroxyl groups is 1. The van der Waals surface area contributed by atoms with E-state index >= 15 is 4.39 Å². The van der Waals surface area contributed by atoms with Crippen molar-refractivity contribution in [3.8, 4) is 0 Å². The number of carbonyl (C=O) groups is 2. The number of unbranched alkanes of at least 4 members (excludes halogenated alkanes) is 1. The van der Waals surface area contributed by atoms with Gasteiger partial charge in [0.1, 0.15) is 18.8 Å². The monoisotopic (exact) mass is 736 g/mol. The highest BCUT2D eigenvalue weighted by Crippen LogP contribution is 2.46. The molecule has 1 aliphatic rings. The van der Waals surface area contributed by atoms with Crippen molar-refractivity contribution < 1.29 is 37.6 Å². The summed E-state index contributed by atoms with van der Waals surface area (Å²) in [5.74, 6) is -0.862. The molecule has 284 valence electrons. The molecule has 0 spiro atoms. The van der Waals surface area contributed by atoms with E-state index in [9.17, 15) is 28.8 Å². The first-order chi connectivity index (χ1) is 24.4. The maximum absolute atomic E-state index is 15.5. The number of alkyl halides is 1. The minimum Gasteiger partial charge on any atom is -0.468 e. The zero-order valence-corrected chi connectivity index (χ0v) is 30.7. The van der Waals surface area contributed by atoms with Gasteiger partial charge in [-0.25, -0.2) is 14.3 Å². The molecule has 0 bridgehead atoms. The number of nitrogens with zero attached hydrogens (tertiary/aromatic N) is 1. The predicted octanol–water partition coefficient (Wildman–Crippen LogP) is 4.92. The van der Waals surface area contributed by atoms with Gasteiger partial charge in [-0.05, 0) is 58.3 Å². The molecule has 1 fully saturated rings. The Kier molecular flexibility index (Phi) is 20.2. The molecule has 1 aromatic heterocycles. The van der Waals surface area contributed by atoms with Crippen LogP contribution in [0.1, 0.15) is 77.9 Å². The Morgan fingerprint density at radius 3 is 2.24 bits per heavy atom. The standard InChI is InChI=1S/C36H54FN4O9P/c1-4-5-6-7-8-9-10-11-12-13-14-15-16-17-18-19-20-22-30(42)38-24-21-26-51(47,39-27-32(44)48-3)49-28-29-33(45)36(2,37)34(50-29)41-25-23-31(43)40-35(41)46/h5-6,8-9,11-12,14-15,17-18,23,25,29,33-34,45H,4,7,10,13,16,19-22,24,26-28H2,1-3H3,(H,38,42)(H,39,47)(H,40,43,46)/b6-5-,9-8-,12-11-,15-14-,18-17-/t29-,33-,34?,36-,51?/m1/s1. The highest BCUT2D eigenvalue weighted by atomic mass is 31.2. The van der Waals surface area contributed by atoms with Crippen LogP contribution in [0.25, 0.3) is 0 Å². The number of amides is 1. The fourth-order valence-corrected chi connectivity index (χ4v) is 6.67. The second-order valence-electron chi connectivity index (χ2n) is 12.0. The third kappa shape index (κ3) is 16.5. The lowest BCUT2D eigenvalue weighted by Crippen LogP contribution is -2.43. The van der Waals surface area contributed by atoms with E-state index in [-0.39, 0.29) is 25.0 Å². The van der Waals surface area contributed by atoms with E-state index in [1.807, 2.05) is 11.1 Å². The highest BCUT2D eigenvalue weighted by molar-refractivity contribution is 7.56. The maximum atomic E-state index is 15.5. The number of carbonyl (C=O) groups excluding carboxylic acids is 2. The van der Waals surface area contributed by atoms with Crippen LogP contribution in [0.4, 0.5) is 4.39 Å². The quantitative estimate of drug-likeness (QED) is 0.0493. The van der Waals surface area contributed by atoms with E-state index in [1.165, 1.54) is 0 Å². The molecule has 1 aromatic rings. The lowest BCUT2D eigenvalue weighted by atomic mass is 9.98. The van der Waals surface area contributed by atoms with E-state index in [4.69, 9.17) is 9.26 Å². The summed E-state index contributed by atoms with van der Waals surface area (Å²) in [6, 6.07) is 1.01. The molecular weight excluding hydrogens is 682 g/mol. The van der Waals surface area contributed by atoms with Gasteiger partial charge in [-0.1, -0.05) is 67.7 Å². The third-order valence-corrected chi connectivity index (χ3v) is 9.95. The Hall–Kier alpha value is -3.68. The first-order valence-corrected chi connectivity index (χ1v) is 19.2. The zero-order valence-electron chi connectivity index (χ0n) is 29.8. The van der Waals surface area contributed by atoms with Crippen LogP contribution in [0.15, 0.2) is 82.6 Å². The summed E-state index contributed by atoms with van der Waals surface area (Å²) in [7, 11) is -2.62. The van der Waals surface area contributed by atoms with Crippen molar-refractivity contribution in [2.45, 2.75) is 95.7 Å². The molecule has 5 atom stereocenters. The molecule has 1 aliphatic heterocycles. The highest BCUT2D eigenvalue weighted by Gasteiger charge is 2.55. The predicted molar refractivity (Wildman–Crippen MR) is 195 cm³/mol. The van der Waals surface area contributed by atoms with Crippen LogP contribution < -0.4 is 21.7 Å². The number of methoxy groups -OCH3 is 1. The molecule has 15 heteroatoms. The summed E-state index contributed by atoms with van der Waals surface area (Å²) in [5.41, 5.74) is -4.10. The molecular formula is C36H54FN4O9P. The molecule has 2 rings (SSSR count). The minimum absolute atomic E-state index is 0.108. The van der Waals surface area contributed by atoms with Crippen molar-refractivity contribution in [2.24, 2.45) is 0 Å². The number of aromatic amines is 1. The first kappa shape index (κ1) is 43.5. The molecule has 1 amide bonds. The average Bonchev–Trinajstić information content (AvgIpc) is 3.33. The Bertz CT molecular complexity index is 1530. The molecule has 4 N–H and O–H groups in total. The van der Waals surface area contributed by atoms with E-state index in [0.29, 0.717) is 12.8 Å². The van der Waals surface area contributed by atoms with Crippen molar-refractivity contribution in [3.63, 3.8) is 0 Å². The van der Waals surface area contributed by atoms with Crippen molar-refractivity contribution in [3.05, 3.63) is 93.9 Å². The molecule has 2 unspecified atom stereocenters. The Morgan fingerprint density at radius 1 is 1.04 bits per heavy atom. The number of nitrogens with one attached hydrogen (secondary N) is 3. The molecule has 2 heterocycles. The average molecular weight is 737 g/mol. The van der Waals surface area contributed by atoms with Gasteiger partial charge in [-0.2, -0.15) is 0 Å². The van der Waals surface area contributed by atoms with Crippen LogP contribution >= 0.6 is 7.52 Å². The number of H-pyrrole nitrogens is 1. The molecule has 13 nitrogen and oxygen atoms in total. The minimum atomic E-state index is -3.79. The second-order valence-corrected chi connectivity index (χ2v) is 14.4. The maximum Gasteiger partial charge on any atom is 0.330 e. The van der Waals surface area contributed by atoms with Gasteiger partial charge in [0.15, 0.2) is 11.9 Å². The van der Waals surface area contributed by atoms with Crippen LogP contribution in [0.3, 0.4) is 0 Å². The molecule has 51 heavy (non-hydrogen) atoms. The Labute approximate surface area is 299 Å². The summed E-state index contributed by atoms with van der Waals surface area (Å²) in [6.07, 6.45) is 24.2. The number of allylic oxidation sites excluding steroid dienone is 10. The normalized spacial score (nSPS) is 22.2. The van der Waals surface area contributed by atoms with Crippen molar-refractivity contribution in [1.29, 1.82) is 0 Å². The van der Waals surface area contributed by atoms with Gasteiger partial charge >= 0.3 is 11.7 Å². The van der Waals surface area contributed by atoms with E-state index < -0.39 is 62.0 Å². The SMILES string of the molecule is CC/C=C\C/C=C\C/C=C\C/C=C\C/C=C\CCCC(=O)NCCCP(=O)(NCC(=O)OC)OC[C@H]1OC(n2ccc(=O)[nH]c2=O)[C@](C)(F)[C@@H]1O. The van der Waals surface area contributed by atoms with Crippen molar-refractivity contribution in [2.75, 3.05) is 33.0 Å². The van der Waals surface area contributed by atoms with Gasteiger partial charge in [0.05, 0.1) is 13.7 Å². The summed E-state index contributed by atoms with van der Waals surface area (Å²) in [4.78, 5) is 49.7. The molecule has 0 aliphatic carbocycles. The summed E-state index contributed by atoms with van der Waals surface area (Å²) in [6.45, 7) is 2.35. The van der Waals surface area contributed by atoms with Gasteiger partial charge in [-0.3, -0.25) is 28.5 Å². The Morgan fingerprint density at radius 2 is 1.65 bits per heavy atom. The summed E-state index contributed by atoms with van der Waals surface area (Å²) < 4.78 is 45.7. The number of hydrogen-bond acceptors (Lipinski definition) is 9. The number of ether oxygens (including phenoxy) is 2. The lowest BCUT2D eigenvalue weighted by Gasteiger charge is -2.24. The van der Waals surface area contributed by atoms with Gasteiger partial charge in [0, 0.05) is 31.4 Å². The smallest absolute Gasteiger partial charge is 0.330 e. The number of rotatable bonds is 24. The van der Waals surface area contributed by atoms with E-state index in [1.54, 1.807) is 0 Å². The number of hydrogen-bond donors (Lipinski definition) is 4. The first-order valence-electron chi connectivity index (χ1n) is 17.3. The van der Waals surface area contributed by atoms with Gasteiger partial charge in [-0.15, -0.1) is 0 Å². The molecule has 0 saturated carbocycles. The lowest BCUT2D eigenvalue weighted by molar-refractivity contribution is -0.139. The molecule has 1 saturated heterocycles. The van der Waals surface area contributed by atoms with Crippen molar-refractivity contribution in [1.82, 2.24) is 20.0 Å².